The Morgan fingerprint density at radius 3 is 2.29 bits per heavy atom. The summed E-state index contributed by atoms with van der Waals surface area (Å²) in [7, 11) is 0. The van der Waals surface area contributed by atoms with Gasteiger partial charge in [-0.05, 0) is 54.9 Å². The zero-order chi connectivity index (χ0) is 24.8. The van der Waals surface area contributed by atoms with Crippen molar-refractivity contribution in [1.82, 2.24) is 10.2 Å². The highest BCUT2D eigenvalue weighted by molar-refractivity contribution is 5.81. The molecule has 186 valence electrons. The number of carboxylic acids is 1. The van der Waals surface area contributed by atoms with Gasteiger partial charge in [-0.2, -0.15) is 0 Å². The number of alkyl carbamates (subject to hydrolysis) is 1. The number of ether oxygens (including phenoxy) is 1. The zero-order valence-corrected chi connectivity index (χ0v) is 20.2. The van der Waals surface area contributed by atoms with E-state index in [9.17, 15) is 14.4 Å². The fourth-order valence-electron chi connectivity index (χ4n) is 5.46. The lowest BCUT2D eigenvalue weighted by Crippen LogP contribution is -2.46. The largest absolute Gasteiger partial charge is 0.481 e. The molecular formula is C28H34N2O5. The van der Waals surface area contributed by atoms with E-state index in [2.05, 4.69) is 29.6 Å². The Hall–Kier alpha value is -3.35. The molecule has 7 nitrogen and oxygen atoms in total. The Bertz CT molecular complexity index is 1020. The third-order valence-corrected chi connectivity index (χ3v) is 7.24. The van der Waals surface area contributed by atoms with Crippen LogP contribution >= 0.6 is 0 Å². The minimum atomic E-state index is -0.817. The van der Waals surface area contributed by atoms with Crippen LogP contribution in [0.15, 0.2) is 48.5 Å². The number of rotatable bonds is 10. The van der Waals surface area contributed by atoms with Gasteiger partial charge in [0.2, 0.25) is 5.91 Å². The van der Waals surface area contributed by atoms with Crippen molar-refractivity contribution in [3.05, 3.63) is 59.7 Å². The zero-order valence-electron chi connectivity index (χ0n) is 20.2. The van der Waals surface area contributed by atoms with Crippen molar-refractivity contribution < 1.29 is 24.2 Å². The number of amides is 2. The van der Waals surface area contributed by atoms with Crippen molar-refractivity contribution in [2.24, 2.45) is 5.92 Å². The second-order valence-electron chi connectivity index (χ2n) is 9.38. The lowest BCUT2D eigenvalue weighted by atomic mass is 9.98. The molecule has 7 heteroatoms. The summed E-state index contributed by atoms with van der Waals surface area (Å²) >= 11 is 0. The fourth-order valence-corrected chi connectivity index (χ4v) is 5.46. The smallest absolute Gasteiger partial charge is 0.407 e. The predicted octanol–water partition coefficient (Wildman–Crippen LogP) is 4.80. The molecule has 0 unspecified atom stereocenters. The third-order valence-electron chi connectivity index (χ3n) is 7.24. The number of carbonyl (C=O) groups excluding carboxylic acids is 2. The third kappa shape index (κ3) is 5.66. The first-order chi connectivity index (χ1) is 17.0. The number of unbranched alkanes of at least 4 members (excludes halogenated alkanes) is 1. The van der Waals surface area contributed by atoms with Crippen LogP contribution in [0.1, 0.15) is 62.5 Å². The molecule has 0 radical (unpaired) electrons. The highest BCUT2D eigenvalue weighted by atomic mass is 16.5. The maximum atomic E-state index is 13.2. The molecule has 4 rings (SSSR count). The molecule has 2 N–H and O–H groups in total. The van der Waals surface area contributed by atoms with Crippen molar-refractivity contribution in [3.63, 3.8) is 0 Å². The topological polar surface area (TPSA) is 95.9 Å². The SMILES string of the molecule is CCN(CCCCC(=O)O)C(=O)[C@@H]1CCC[C@@H]1NC(=O)OCC1c2ccccc2-c2ccccc21. The molecule has 0 bridgehead atoms. The second kappa shape index (κ2) is 11.4. The lowest BCUT2D eigenvalue weighted by Gasteiger charge is -2.28. The van der Waals surface area contributed by atoms with Gasteiger partial charge in [-0.15, -0.1) is 0 Å². The summed E-state index contributed by atoms with van der Waals surface area (Å²) < 4.78 is 5.69. The van der Waals surface area contributed by atoms with Crippen molar-refractivity contribution in [3.8, 4) is 11.1 Å². The number of carbonyl (C=O) groups is 3. The Morgan fingerprint density at radius 2 is 1.66 bits per heavy atom. The van der Waals surface area contributed by atoms with Gasteiger partial charge in [-0.1, -0.05) is 55.0 Å². The molecule has 2 amide bonds. The molecule has 0 aromatic heterocycles. The first-order valence-corrected chi connectivity index (χ1v) is 12.6. The summed E-state index contributed by atoms with van der Waals surface area (Å²) in [4.78, 5) is 38.4. The fraction of sp³-hybridized carbons (Fsp3) is 0.464. The number of nitrogens with zero attached hydrogens (tertiary/aromatic N) is 1. The van der Waals surface area contributed by atoms with E-state index in [0.29, 0.717) is 25.9 Å². The molecule has 2 atom stereocenters. The molecular weight excluding hydrogens is 444 g/mol. The quantitative estimate of drug-likeness (QED) is 0.479. The van der Waals surface area contributed by atoms with Crippen molar-refractivity contribution in [2.45, 2.75) is 57.4 Å². The van der Waals surface area contributed by atoms with Crippen LogP contribution in [-0.2, 0) is 14.3 Å². The molecule has 0 saturated heterocycles. The van der Waals surface area contributed by atoms with E-state index < -0.39 is 12.1 Å². The molecule has 2 aliphatic carbocycles. The lowest BCUT2D eigenvalue weighted by molar-refractivity contribution is -0.137. The molecule has 35 heavy (non-hydrogen) atoms. The van der Waals surface area contributed by atoms with Crippen molar-refractivity contribution in [1.29, 1.82) is 0 Å². The van der Waals surface area contributed by atoms with E-state index in [1.807, 2.05) is 31.2 Å². The van der Waals surface area contributed by atoms with E-state index in [1.54, 1.807) is 4.90 Å². The summed E-state index contributed by atoms with van der Waals surface area (Å²) in [5, 5.41) is 11.8. The summed E-state index contributed by atoms with van der Waals surface area (Å²) in [6, 6.07) is 16.2. The standard InChI is InChI=1S/C28H34N2O5/c1-2-30(17-8-7-16-26(31)32)27(33)23-14-9-15-25(23)29-28(34)35-18-24-21-12-5-3-10-19(21)20-11-4-6-13-22(20)24/h3-6,10-13,23-25H,2,7-9,14-18H2,1H3,(H,29,34)(H,31,32)/t23-,25+/m1/s1. The number of carboxylic acid groups (broad SMARTS) is 1. The average molecular weight is 479 g/mol. The van der Waals surface area contributed by atoms with Gasteiger partial charge in [0.15, 0.2) is 0 Å². The van der Waals surface area contributed by atoms with Crippen LogP contribution < -0.4 is 5.32 Å². The Kier molecular flexibility index (Phi) is 8.06. The van der Waals surface area contributed by atoms with Crippen LogP contribution in [0.25, 0.3) is 11.1 Å². The monoisotopic (exact) mass is 478 g/mol. The van der Waals surface area contributed by atoms with E-state index in [1.165, 1.54) is 11.1 Å². The second-order valence-corrected chi connectivity index (χ2v) is 9.38. The maximum absolute atomic E-state index is 13.2. The summed E-state index contributed by atoms with van der Waals surface area (Å²) in [5.74, 6) is -1.06. The number of nitrogens with one attached hydrogen (secondary N) is 1. The van der Waals surface area contributed by atoms with Crippen molar-refractivity contribution >= 4 is 18.0 Å². The number of benzene rings is 2. The molecule has 0 heterocycles. The summed E-state index contributed by atoms with van der Waals surface area (Å²) in [6.07, 6.45) is 3.19. The van der Waals surface area contributed by atoms with E-state index >= 15 is 0 Å². The van der Waals surface area contributed by atoms with E-state index in [0.717, 1.165) is 30.4 Å². The van der Waals surface area contributed by atoms with Gasteiger partial charge >= 0.3 is 12.1 Å². The molecule has 2 aromatic carbocycles. The molecule has 1 fully saturated rings. The Labute approximate surface area is 206 Å². The summed E-state index contributed by atoms with van der Waals surface area (Å²) in [6.45, 7) is 3.28. The minimum absolute atomic E-state index is 0.00413. The van der Waals surface area contributed by atoms with E-state index in [4.69, 9.17) is 9.84 Å². The number of hydrogen-bond donors (Lipinski definition) is 2. The normalized spacial score (nSPS) is 18.5. The average Bonchev–Trinajstić information content (AvgIpc) is 3.44. The van der Waals surface area contributed by atoms with Gasteiger partial charge in [0.1, 0.15) is 6.61 Å². The molecule has 0 aliphatic heterocycles. The molecule has 2 aromatic rings. The van der Waals surface area contributed by atoms with Gasteiger partial charge in [-0.3, -0.25) is 9.59 Å². The molecule has 1 saturated carbocycles. The summed E-state index contributed by atoms with van der Waals surface area (Å²) in [5.41, 5.74) is 4.69. The van der Waals surface area contributed by atoms with Crippen molar-refractivity contribution in [2.75, 3.05) is 19.7 Å². The molecule has 0 spiro atoms. The van der Waals surface area contributed by atoms with Crippen LogP contribution in [0.5, 0.6) is 0 Å². The first-order valence-electron chi connectivity index (χ1n) is 12.6. The molecule has 2 aliphatic rings. The number of aliphatic carboxylic acids is 1. The number of hydrogen-bond acceptors (Lipinski definition) is 4. The van der Waals surface area contributed by atoms with Gasteiger partial charge in [-0.25, -0.2) is 4.79 Å². The Balaban J connectivity index is 1.32. The highest BCUT2D eigenvalue weighted by Gasteiger charge is 2.37. The van der Waals surface area contributed by atoms with Crippen LogP contribution in [0.3, 0.4) is 0 Å². The minimum Gasteiger partial charge on any atom is -0.481 e. The van der Waals surface area contributed by atoms with Gasteiger partial charge < -0.3 is 20.1 Å². The van der Waals surface area contributed by atoms with E-state index in [-0.39, 0.29) is 36.8 Å². The first kappa shape index (κ1) is 24.8. The number of fused-ring (bicyclic) bond motifs is 3. The Morgan fingerprint density at radius 1 is 1.00 bits per heavy atom. The van der Waals surface area contributed by atoms with Crippen LogP contribution in [0.2, 0.25) is 0 Å². The maximum Gasteiger partial charge on any atom is 0.407 e. The van der Waals surface area contributed by atoms with Gasteiger partial charge in [0.05, 0.1) is 5.92 Å². The van der Waals surface area contributed by atoms with Crippen LogP contribution in [0, 0.1) is 5.92 Å². The van der Waals surface area contributed by atoms with Gasteiger partial charge in [0, 0.05) is 31.5 Å². The highest BCUT2D eigenvalue weighted by Crippen LogP contribution is 2.44. The predicted molar refractivity (Wildman–Crippen MR) is 133 cm³/mol. The van der Waals surface area contributed by atoms with Crippen LogP contribution in [0.4, 0.5) is 4.79 Å². The van der Waals surface area contributed by atoms with Crippen LogP contribution in [-0.4, -0.2) is 53.7 Å². The van der Waals surface area contributed by atoms with Gasteiger partial charge in [0.25, 0.3) is 0 Å².